The van der Waals surface area contributed by atoms with Crippen molar-refractivity contribution in [2.45, 2.75) is 18.4 Å². The molecule has 12 heteroatoms. The Morgan fingerprint density at radius 3 is 1.85 bits per heavy atom. The molecule has 1 atom stereocenters. The molecule has 47 heavy (non-hydrogen) atoms. The average molecular weight is 673 g/mol. The third-order valence-corrected chi connectivity index (χ3v) is 12.8. The molecule has 0 aliphatic carbocycles. The summed E-state index contributed by atoms with van der Waals surface area (Å²) in [5, 5.41) is 12.7. The first-order chi connectivity index (χ1) is 22.9. The number of methoxy groups -OCH3 is 1. The first-order valence-electron chi connectivity index (χ1n) is 14.8. The summed E-state index contributed by atoms with van der Waals surface area (Å²) in [5.41, 5.74) is 0.594. The van der Waals surface area contributed by atoms with Crippen molar-refractivity contribution in [1.82, 2.24) is 4.90 Å². The van der Waals surface area contributed by atoms with Crippen LogP contribution in [0, 0.1) is 10.1 Å². The summed E-state index contributed by atoms with van der Waals surface area (Å²) in [6.45, 7) is -2.93. The molecule has 1 fully saturated rings. The monoisotopic (exact) mass is 672 g/mol. The zero-order chi connectivity index (χ0) is 33.2. The number of thioether (sulfide) groups is 1. The van der Waals surface area contributed by atoms with E-state index in [9.17, 15) is 24.5 Å². The zero-order valence-corrected chi connectivity index (χ0v) is 27.3. The molecule has 5 rings (SSSR count). The van der Waals surface area contributed by atoms with Gasteiger partial charge in [0, 0.05) is 26.1 Å². The number of likely N-dealkylation sites (tertiary alicyclic amines) is 1. The number of esters is 1. The fraction of sp³-hybridized carbons (Fsp3) is 0.200. The molecule has 1 amide bonds. The lowest BCUT2D eigenvalue weighted by Gasteiger charge is -2.44. The van der Waals surface area contributed by atoms with Crippen molar-refractivity contribution in [3.05, 3.63) is 131 Å². The lowest BCUT2D eigenvalue weighted by Crippen LogP contribution is -2.58. The van der Waals surface area contributed by atoms with Gasteiger partial charge in [-0.1, -0.05) is 103 Å². The van der Waals surface area contributed by atoms with Crippen molar-refractivity contribution in [2.24, 2.45) is 0 Å². The van der Waals surface area contributed by atoms with Crippen molar-refractivity contribution in [1.29, 1.82) is 0 Å². The van der Waals surface area contributed by atoms with Gasteiger partial charge < -0.3 is 14.2 Å². The Bertz CT molecular complexity index is 1670. The second-order valence-electron chi connectivity index (χ2n) is 10.5. The van der Waals surface area contributed by atoms with E-state index in [0.717, 1.165) is 27.7 Å². The van der Waals surface area contributed by atoms with E-state index in [1.54, 1.807) is 0 Å². The number of amides is 1. The van der Waals surface area contributed by atoms with Gasteiger partial charge in [0.15, 0.2) is 0 Å². The number of nitrogens with zero attached hydrogens (tertiary/aromatic N) is 2. The summed E-state index contributed by atoms with van der Waals surface area (Å²) < 4.78 is 16.4. The second-order valence-corrected chi connectivity index (χ2v) is 15.0. The summed E-state index contributed by atoms with van der Waals surface area (Å²) in [6.07, 6.45) is 0.0476. The molecule has 4 aromatic carbocycles. The maximum atomic E-state index is 14.6. The number of hydrogen-bond donors (Lipinski definition) is 0. The first kappa shape index (κ1) is 33.8. The van der Waals surface area contributed by atoms with Crippen LogP contribution in [0.5, 0.6) is 0 Å². The van der Waals surface area contributed by atoms with Gasteiger partial charge in [0.25, 0.3) is 5.69 Å². The Morgan fingerprint density at radius 1 is 0.851 bits per heavy atom. The van der Waals surface area contributed by atoms with Crippen LogP contribution in [0.3, 0.4) is 0 Å². The number of nitro groups is 1. The fourth-order valence-electron chi connectivity index (χ4n) is 5.31. The minimum atomic E-state index is -3.15. The SMILES string of the molecule is COCCOCC(=O)SC1CC(=O)N1C(C(=O)OCc1ccc([N+](=O)[O-])cc1)=P(c1ccccc1)(c1ccccc1)c1ccccc1. The number of non-ortho nitro benzene ring substituents is 1. The largest absolute Gasteiger partial charge is 0.456 e. The van der Waals surface area contributed by atoms with E-state index in [2.05, 4.69) is 0 Å². The van der Waals surface area contributed by atoms with E-state index in [1.165, 1.54) is 36.3 Å². The Morgan fingerprint density at radius 2 is 1.38 bits per heavy atom. The topological polar surface area (TPSA) is 125 Å². The fourth-order valence-corrected chi connectivity index (χ4v) is 10.8. The standard InChI is InChI=1S/C35H33N2O8PS/c1-43-21-22-44-25-33(39)47-32-23-31(38)36(32)34(35(40)45-24-26-17-19-27(20-18-26)37(41)42)46(28-11-5-2-6-12-28,29-13-7-3-8-14-29)30-15-9-4-10-16-30/h2-20,32H,21-25H2,1H3. The highest BCUT2D eigenvalue weighted by Crippen LogP contribution is 2.49. The minimum Gasteiger partial charge on any atom is -0.456 e. The lowest BCUT2D eigenvalue weighted by atomic mass is 10.2. The predicted octanol–water partition coefficient (Wildman–Crippen LogP) is 4.24. The van der Waals surface area contributed by atoms with Crippen LogP contribution in [0.2, 0.25) is 0 Å². The van der Waals surface area contributed by atoms with Crippen LogP contribution >= 0.6 is 18.6 Å². The maximum absolute atomic E-state index is 14.6. The number of nitro benzene ring substituents is 1. The molecule has 1 heterocycles. The zero-order valence-electron chi connectivity index (χ0n) is 25.6. The van der Waals surface area contributed by atoms with Crippen molar-refractivity contribution in [3.63, 3.8) is 0 Å². The van der Waals surface area contributed by atoms with E-state index in [4.69, 9.17) is 14.2 Å². The van der Waals surface area contributed by atoms with E-state index in [1.807, 2.05) is 91.0 Å². The number of carbonyl (C=O) groups excluding carboxylic acids is 3. The number of ether oxygens (including phenoxy) is 3. The highest BCUT2D eigenvalue weighted by molar-refractivity contribution is 8.14. The molecule has 10 nitrogen and oxygen atoms in total. The van der Waals surface area contributed by atoms with Crippen LogP contribution in [-0.2, 0) is 35.2 Å². The Hall–Kier alpha value is -4.54. The van der Waals surface area contributed by atoms with Crippen LogP contribution in [0.15, 0.2) is 115 Å². The number of carbonyl (C=O) groups is 3. The average Bonchev–Trinajstić information content (AvgIpc) is 3.10. The van der Waals surface area contributed by atoms with E-state index in [-0.39, 0.29) is 48.4 Å². The first-order valence-corrected chi connectivity index (χ1v) is 17.4. The van der Waals surface area contributed by atoms with Gasteiger partial charge in [-0.15, -0.1) is 0 Å². The van der Waals surface area contributed by atoms with Crippen molar-refractivity contribution in [3.8, 4) is 0 Å². The molecule has 0 spiro atoms. The molecule has 0 saturated carbocycles. The molecular weight excluding hydrogens is 639 g/mol. The smallest absolute Gasteiger partial charge is 0.356 e. The van der Waals surface area contributed by atoms with Gasteiger partial charge in [-0.25, -0.2) is 4.79 Å². The normalized spacial score (nSPS) is 14.3. The molecule has 0 aromatic heterocycles. The molecule has 1 aliphatic heterocycles. The molecule has 1 unspecified atom stereocenters. The van der Waals surface area contributed by atoms with Crippen LogP contribution < -0.4 is 15.9 Å². The Kier molecular flexibility index (Phi) is 11.4. The van der Waals surface area contributed by atoms with Crippen LogP contribution in [0.1, 0.15) is 12.0 Å². The van der Waals surface area contributed by atoms with Gasteiger partial charge >= 0.3 is 5.97 Å². The quantitative estimate of drug-likeness (QED) is 0.0483. The minimum absolute atomic E-state index is 0.0476. The van der Waals surface area contributed by atoms with Gasteiger partial charge in [-0.2, -0.15) is 0 Å². The summed E-state index contributed by atoms with van der Waals surface area (Å²) >= 11 is 0.948. The summed E-state index contributed by atoms with van der Waals surface area (Å²) in [6, 6.07) is 34.4. The van der Waals surface area contributed by atoms with Gasteiger partial charge in [-0.3, -0.25) is 24.6 Å². The molecule has 1 aliphatic rings. The van der Waals surface area contributed by atoms with Crippen molar-refractivity contribution < 1.29 is 33.5 Å². The van der Waals surface area contributed by atoms with Gasteiger partial charge in [0.2, 0.25) is 11.0 Å². The van der Waals surface area contributed by atoms with Crippen LogP contribution in [0.25, 0.3) is 0 Å². The van der Waals surface area contributed by atoms with Gasteiger partial charge in [0.05, 0.1) is 29.9 Å². The number of rotatable bonds is 14. The molecule has 1 saturated heterocycles. The maximum Gasteiger partial charge on any atom is 0.356 e. The highest BCUT2D eigenvalue weighted by atomic mass is 32.2. The molecule has 0 N–H and O–H groups in total. The van der Waals surface area contributed by atoms with E-state index < -0.39 is 23.2 Å². The lowest BCUT2D eigenvalue weighted by molar-refractivity contribution is -0.384. The third kappa shape index (κ3) is 7.55. The van der Waals surface area contributed by atoms with E-state index >= 15 is 0 Å². The summed E-state index contributed by atoms with van der Waals surface area (Å²) in [5.74, 6) is -1.04. The number of hydrogen-bond acceptors (Lipinski definition) is 9. The second kappa shape index (κ2) is 15.8. The molecule has 0 bridgehead atoms. The third-order valence-electron chi connectivity index (χ3n) is 7.50. The summed E-state index contributed by atoms with van der Waals surface area (Å²) in [4.78, 5) is 53.4. The van der Waals surface area contributed by atoms with Gasteiger partial charge in [0.1, 0.15) is 18.6 Å². The molecule has 4 aromatic rings. The molecule has 242 valence electrons. The van der Waals surface area contributed by atoms with Crippen molar-refractivity contribution in [2.75, 3.05) is 26.9 Å². The van der Waals surface area contributed by atoms with Crippen molar-refractivity contribution >= 4 is 62.7 Å². The Balaban J connectivity index is 1.69. The number of β-lactam (4-membered cyclic amide) rings is 1. The molecule has 0 radical (unpaired) electrons. The predicted molar refractivity (Wildman–Crippen MR) is 184 cm³/mol. The molecular formula is C35H33N2O8PS. The Labute approximate surface area is 276 Å². The van der Waals surface area contributed by atoms with Gasteiger partial charge in [-0.05, 0) is 33.6 Å². The summed E-state index contributed by atoms with van der Waals surface area (Å²) in [7, 11) is 1.54. The number of benzene rings is 4. The van der Waals surface area contributed by atoms with E-state index in [0.29, 0.717) is 12.2 Å². The van der Waals surface area contributed by atoms with Crippen LogP contribution in [-0.4, -0.2) is 64.5 Å². The highest BCUT2D eigenvalue weighted by Gasteiger charge is 2.48. The van der Waals surface area contributed by atoms with Crippen LogP contribution in [0.4, 0.5) is 5.69 Å².